The Labute approximate surface area is 476 Å². The van der Waals surface area contributed by atoms with Crippen LogP contribution in [0, 0.1) is 0 Å². The van der Waals surface area contributed by atoms with E-state index in [2.05, 4.69) is 48.9 Å². The molecule has 3 fully saturated rings. The normalized spacial score (nSPS) is 28.5. The molecule has 3 saturated heterocycles. The minimum absolute atomic E-state index is 0.0155. The molecule has 0 spiro atoms. The minimum atomic E-state index is -5.89. The molecule has 6 unspecified atom stereocenters. The number of aryl methyl sites for hydroxylation is 1. The third-order valence-corrected chi connectivity index (χ3v) is 16.9. The van der Waals surface area contributed by atoms with E-state index >= 15 is 0 Å². The maximum Gasteiger partial charge on any atom is 0.472 e. The quantitative estimate of drug-likeness (QED) is 0.0178. The zero-order valence-corrected chi connectivity index (χ0v) is 48.0. The molecule has 9 heterocycles. The average molecular weight is 1330 g/mol. The second-order valence-corrected chi connectivity index (χ2v) is 25.4. The molecule has 6 aromatic rings. The van der Waals surface area contributed by atoms with Crippen molar-refractivity contribution in [2.24, 2.45) is 7.05 Å². The monoisotopic (exact) mass is 1330 g/mol. The van der Waals surface area contributed by atoms with E-state index in [1.807, 2.05) is 0 Å². The van der Waals surface area contributed by atoms with E-state index in [0.717, 1.165) is 35.2 Å². The van der Waals surface area contributed by atoms with Crippen molar-refractivity contribution in [1.82, 2.24) is 53.6 Å². The Kier molecular flexibility index (Phi) is 19.0. The van der Waals surface area contributed by atoms with Crippen LogP contribution in [0.5, 0.6) is 0 Å². The molecule has 45 nitrogen and oxygen atoms in total. The van der Waals surface area contributed by atoms with E-state index in [-0.39, 0.29) is 51.2 Å². The van der Waals surface area contributed by atoms with Crippen molar-refractivity contribution >= 4 is 90.3 Å². The molecular weight excluding hydrogens is 1280 g/mol. The van der Waals surface area contributed by atoms with E-state index in [9.17, 15) is 87.1 Å². The van der Waals surface area contributed by atoms with Crippen LogP contribution < -0.4 is 32.9 Å². The highest BCUT2D eigenvalue weighted by atomic mass is 31.2. The first-order valence-electron chi connectivity index (χ1n) is 24.1. The molecule has 19 N–H and O–H groups in total. The van der Waals surface area contributed by atoms with Crippen molar-refractivity contribution in [1.29, 1.82) is 0 Å². The number of aliphatic hydroxyl groups excluding tert-OH is 4. The zero-order valence-electron chi connectivity index (χ0n) is 43.5. The van der Waals surface area contributed by atoms with Crippen LogP contribution in [0.3, 0.4) is 0 Å². The second-order valence-electron chi connectivity index (χ2n) is 18.7. The number of methoxy groups -OCH3 is 1. The number of aliphatic hydroxyl groups is 4. The van der Waals surface area contributed by atoms with E-state index < -0.39 is 169 Å². The lowest BCUT2D eigenvalue weighted by Gasteiger charge is -2.28. The number of aromatic nitrogens is 12. The van der Waals surface area contributed by atoms with E-state index in [4.69, 9.17) is 63.3 Å². The van der Waals surface area contributed by atoms with Gasteiger partial charge < -0.3 is 90.8 Å². The maximum atomic E-state index is 13.8. The molecule has 6 aromatic heterocycles. The number of ether oxygens (including phenoxy) is 4. The number of anilines is 3. The van der Waals surface area contributed by atoms with Gasteiger partial charge in [-0.15, -0.1) is 0 Å². The largest absolute Gasteiger partial charge is 0.472 e. The third kappa shape index (κ3) is 14.5. The SMILES string of the molecule is CO[C@@H]1[C@H](OP(=O)(O)OC[C@H]2O[C@@H](n3cnc4c(=O)[nH]c(N)nc43)[C@H](O)[C@@H]2O)[C@@H](COP(=O)(O)OCC(OP(=O)(O)O)C(COP(=O)(O)OC[C@H]2OC(n3c[n+](C)c4c(=O)[nH]c(N)nc43)[C@H](O)[C@@H]2O)OP(=O)(O)O)O[C@H]1n1cnc2c(N)ncnc21. The Morgan fingerprint density at radius 1 is 0.593 bits per heavy atom. The number of H-pyrrole nitrogens is 2. The summed E-state index contributed by atoms with van der Waals surface area (Å²) in [6.07, 6.45) is -21.5. The summed E-state index contributed by atoms with van der Waals surface area (Å²) < 4.78 is 132. The highest BCUT2D eigenvalue weighted by molar-refractivity contribution is 7.48. The Bertz CT molecular complexity index is 3840. The van der Waals surface area contributed by atoms with Crippen LogP contribution in [-0.4, -0.2) is 216 Å². The van der Waals surface area contributed by atoms with Crippen LogP contribution in [0.1, 0.15) is 18.7 Å². The smallest absolute Gasteiger partial charge is 0.387 e. The topological polar surface area (TPSA) is 658 Å². The first-order valence-corrected chi connectivity index (χ1v) is 31.7. The lowest BCUT2D eigenvalue weighted by Crippen LogP contribution is -2.38. The van der Waals surface area contributed by atoms with Crippen LogP contribution in [-0.2, 0) is 85.0 Å². The van der Waals surface area contributed by atoms with Crippen molar-refractivity contribution < 1.29 is 137 Å². The minimum Gasteiger partial charge on any atom is -0.387 e. The van der Waals surface area contributed by atoms with E-state index in [1.165, 1.54) is 22.5 Å². The number of rotatable bonds is 26. The predicted molar refractivity (Wildman–Crippen MR) is 273 cm³/mol. The van der Waals surface area contributed by atoms with E-state index in [1.54, 1.807) is 0 Å². The Morgan fingerprint density at radius 2 is 1.07 bits per heavy atom. The molecule has 0 amide bonds. The number of phosphoric acid groups is 5. The van der Waals surface area contributed by atoms with Gasteiger partial charge in [-0.25, -0.2) is 47.3 Å². The third-order valence-electron chi connectivity index (χ3n) is 12.9. The molecule has 3 aliphatic heterocycles. The number of nitrogens with zero attached hydrogens (tertiary/aromatic N) is 10. The fourth-order valence-corrected chi connectivity index (χ4v) is 12.7. The molecular formula is C36H53N15O30P5+. The first-order chi connectivity index (χ1) is 40.1. The molecule has 0 radical (unpaired) electrons. The van der Waals surface area contributed by atoms with Crippen molar-refractivity contribution in [3.63, 3.8) is 0 Å². The second kappa shape index (κ2) is 25.0. The van der Waals surface area contributed by atoms with Gasteiger partial charge in [-0.05, 0) is 0 Å². The van der Waals surface area contributed by atoms with E-state index in [0.29, 0.717) is 0 Å². The number of imidazole rings is 3. The van der Waals surface area contributed by atoms with Crippen molar-refractivity contribution in [2.75, 3.05) is 57.3 Å². The molecule has 9 rings (SSSR count). The number of phosphoric ester groups is 5. The number of hydrogen-bond donors (Lipinski definition) is 16. The van der Waals surface area contributed by atoms with Crippen LogP contribution in [0.2, 0.25) is 0 Å². The van der Waals surface area contributed by atoms with Crippen LogP contribution in [0.25, 0.3) is 33.5 Å². The molecule has 3 aliphatic rings. The number of hydrogen-bond acceptors (Lipinski definition) is 32. The Hall–Kier alpha value is -5.12. The summed E-state index contributed by atoms with van der Waals surface area (Å²) in [7, 11) is -26.1. The van der Waals surface area contributed by atoms with Gasteiger partial charge in [-0.1, -0.05) is 0 Å². The fourth-order valence-electron chi connectivity index (χ4n) is 9.14. The molecule has 476 valence electrons. The maximum absolute atomic E-state index is 13.8. The average Bonchev–Trinajstić information content (AvgIpc) is 3.14. The summed E-state index contributed by atoms with van der Waals surface area (Å²) in [6.45, 7) is -6.67. The first kappa shape index (κ1) is 65.3. The number of fused-ring (bicyclic) bond motifs is 3. The number of nitrogens with one attached hydrogen (secondary N) is 2. The molecule has 0 aromatic carbocycles. The highest BCUT2D eigenvalue weighted by Crippen LogP contribution is 2.53. The van der Waals surface area contributed by atoms with Gasteiger partial charge in [-0.3, -0.25) is 64.9 Å². The zero-order chi connectivity index (χ0) is 62.7. The standard InChI is InChI=1S/C36H52N15O30P5/c1-48-11-51(29-19(48)31(57)47-36(39)45-29)33-23(55)21(53)14(77-33)5-73-84(64,65)71-3-12(79-82(58,59)60)13(80-83(61,62)63)4-72-85(66,67)74-7-16-24(25(70-2)34(78-16)49-9-42-17-26(37)40-8-41-27(17)49)81-86(68,69)75-6-15-20(52)22(54)32(76-15)50-10-43-18-28(50)44-35(38)46-30(18)56/h8-16,20-25,32-34,52-55H,3-7H2,1-2H3,(H14-,37,38,39,40,41,44,45,46,47,56,57,58,59,60,61,62,63,64,65,66,67,68,69)/p+1/t12?,13?,14-,15-,16-,20-,21-,22-,23-,24-,25-,32-,33?,34-/m1/s1. The van der Waals surface area contributed by atoms with Gasteiger partial charge in [0.1, 0.15) is 79.0 Å². The highest BCUT2D eigenvalue weighted by Gasteiger charge is 2.53. The summed E-state index contributed by atoms with van der Waals surface area (Å²) in [6, 6.07) is 0. The lowest BCUT2D eigenvalue weighted by atomic mass is 10.1. The number of nitrogen functional groups attached to an aromatic ring is 3. The van der Waals surface area contributed by atoms with Gasteiger partial charge in [0.25, 0.3) is 16.7 Å². The molecule has 0 bridgehead atoms. The van der Waals surface area contributed by atoms with Gasteiger partial charge in [0.15, 0.2) is 35.1 Å². The summed E-state index contributed by atoms with van der Waals surface area (Å²) in [5.74, 6) is -0.788. The van der Waals surface area contributed by atoms with Gasteiger partial charge in [-0.2, -0.15) is 14.5 Å². The fraction of sp³-hybridized carbons (Fsp3) is 0.583. The molecule has 0 aliphatic carbocycles. The summed E-state index contributed by atoms with van der Waals surface area (Å²) in [4.78, 5) is 125. The van der Waals surface area contributed by atoms with Crippen LogP contribution in [0.15, 0.2) is 34.9 Å². The predicted octanol–water partition coefficient (Wildman–Crippen LogP) is -5.86. The van der Waals surface area contributed by atoms with Crippen LogP contribution in [0.4, 0.5) is 17.7 Å². The summed E-state index contributed by atoms with van der Waals surface area (Å²) >= 11 is 0. The Balaban J connectivity index is 0.875. The number of aromatic amines is 2. The van der Waals surface area contributed by atoms with Gasteiger partial charge >= 0.3 is 44.7 Å². The van der Waals surface area contributed by atoms with Crippen molar-refractivity contribution in [3.05, 3.63) is 46.0 Å². The van der Waals surface area contributed by atoms with Crippen LogP contribution >= 0.6 is 39.1 Å². The number of nitrogens with two attached hydrogens (primary N) is 3. The molecule has 86 heavy (non-hydrogen) atoms. The van der Waals surface area contributed by atoms with Gasteiger partial charge in [0.2, 0.25) is 24.5 Å². The Morgan fingerprint density at radius 3 is 1.62 bits per heavy atom. The summed E-state index contributed by atoms with van der Waals surface area (Å²) in [5.41, 5.74) is 15.3. The molecule has 50 heteroatoms. The van der Waals surface area contributed by atoms with Crippen molar-refractivity contribution in [2.45, 2.75) is 85.8 Å². The lowest BCUT2D eigenvalue weighted by molar-refractivity contribution is -0.646. The van der Waals surface area contributed by atoms with Gasteiger partial charge in [0, 0.05) is 7.11 Å². The van der Waals surface area contributed by atoms with Gasteiger partial charge in [0.05, 0.1) is 52.7 Å². The van der Waals surface area contributed by atoms with Crippen molar-refractivity contribution in [3.8, 4) is 0 Å². The summed E-state index contributed by atoms with van der Waals surface area (Å²) in [5, 5.41) is 43.5. The molecule has 0 saturated carbocycles. The molecule has 17 atom stereocenters.